The SMILES string of the molecule is COc1cccc(-c2ccc(-c3cccc(OC)c3)c3[nH]c(-c4ccc(/C=C(/C#N)C(=O)O)cc4)nc23)c1. The normalized spacial score (nSPS) is 11.2. The third-order valence-corrected chi connectivity index (χ3v) is 6.25. The van der Waals surface area contributed by atoms with Gasteiger partial charge in [0.2, 0.25) is 0 Å². The molecule has 5 rings (SSSR count). The zero-order valence-corrected chi connectivity index (χ0v) is 20.7. The minimum absolute atomic E-state index is 0.327. The van der Waals surface area contributed by atoms with Crippen LogP contribution in [-0.2, 0) is 4.79 Å². The van der Waals surface area contributed by atoms with Crippen LogP contribution in [0.2, 0.25) is 0 Å². The van der Waals surface area contributed by atoms with Gasteiger partial charge in [0.05, 0.1) is 25.3 Å². The Balaban J connectivity index is 1.67. The van der Waals surface area contributed by atoms with Crippen molar-refractivity contribution in [2.45, 2.75) is 0 Å². The fraction of sp³-hybridized carbons (Fsp3) is 0.0645. The van der Waals surface area contributed by atoms with Crippen molar-refractivity contribution in [3.05, 3.63) is 96.1 Å². The van der Waals surface area contributed by atoms with Gasteiger partial charge in [0, 0.05) is 16.7 Å². The highest BCUT2D eigenvalue weighted by Crippen LogP contribution is 2.37. The molecule has 38 heavy (non-hydrogen) atoms. The summed E-state index contributed by atoms with van der Waals surface area (Å²) in [6, 6.07) is 28.7. The van der Waals surface area contributed by atoms with E-state index in [1.165, 1.54) is 6.08 Å². The van der Waals surface area contributed by atoms with E-state index in [9.17, 15) is 4.79 Å². The Morgan fingerprint density at radius 2 is 1.47 bits per heavy atom. The maximum Gasteiger partial charge on any atom is 0.346 e. The van der Waals surface area contributed by atoms with Gasteiger partial charge in [-0.05, 0) is 47.0 Å². The number of aromatic nitrogens is 2. The maximum atomic E-state index is 11.2. The lowest BCUT2D eigenvalue weighted by Crippen LogP contribution is -1.97. The molecular formula is C31H23N3O4. The Morgan fingerprint density at radius 3 is 2.05 bits per heavy atom. The Labute approximate surface area is 219 Å². The molecule has 1 heterocycles. The lowest BCUT2D eigenvalue weighted by molar-refractivity contribution is -0.132. The average Bonchev–Trinajstić information content (AvgIpc) is 3.41. The first kappa shape index (κ1) is 24.3. The molecule has 2 N–H and O–H groups in total. The second-order valence-electron chi connectivity index (χ2n) is 8.53. The quantitative estimate of drug-likeness (QED) is 0.193. The Kier molecular flexibility index (Phi) is 6.62. The van der Waals surface area contributed by atoms with Crippen LogP contribution in [0.1, 0.15) is 5.56 Å². The number of nitrogens with one attached hydrogen (secondary N) is 1. The molecule has 0 radical (unpaired) electrons. The van der Waals surface area contributed by atoms with Gasteiger partial charge in [0.15, 0.2) is 0 Å². The number of nitriles is 1. The van der Waals surface area contributed by atoms with Gasteiger partial charge in [-0.25, -0.2) is 9.78 Å². The highest BCUT2D eigenvalue weighted by atomic mass is 16.5. The van der Waals surface area contributed by atoms with E-state index in [1.807, 2.05) is 60.7 Å². The van der Waals surface area contributed by atoms with E-state index >= 15 is 0 Å². The molecule has 0 atom stereocenters. The molecule has 0 amide bonds. The molecule has 7 heteroatoms. The summed E-state index contributed by atoms with van der Waals surface area (Å²) in [5, 5.41) is 18.2. The van der Waals surface area contributed by atoms with Crippen LogP contribution < -0.4 is 9.47 Å². The molecule has 0 saturated carbocycles. The predicted molar refractivity (Wildman–Crippen MR) is 147 cm³/mol. The molecule has 0 aliphatic carbocycles. The van der Waals surface area contributed by atoms with Crippen molar-refractivity contribution in [3.8, 4) is 51.2 Å². The summed E-state index contributed by atoms with van der Waals surface area (Å²) in [6.07, 6.45) is 1.34. The monoisotopic (exact) mass is 501 g/mol. The summed E-state index contributed by atoms with van der Waals surface area (Å²) in [5.74, 6) is 0.914. The van der Waals surface area contributed by atoms with Crippen LogP contribution in [-0.4, -0.2) is 35.3 Å². The summed E-state index contributed by atoms with van der Waals surface area (Å²) < 4.78 is 10.9. The van der Waals surface area contributed by atoms with Crippen molar-refractivity contribution in [2.24, 2.45) is 0 Å². The molecule has 4 aromatic carbocycles. The van der Waals surface area contributed by atoms with Crippen LogP contribution in [0.5, 0.6) is 11.5 Å². The second kappa shape index (κ2) is 10.3. The number of carboxylic acids is 1. The summed E-state index contributed by atoms with van der Waals surface area (Å²) >= 11 is 0. The van der Waals surface area contributed by atoms with Crippen LogP contribution in [0, 0.1) is 11.3 Å². The van der Waals surface area contributed by atoms with Crippen LogP contribution in [0.3, 0.4) is 0 Å². The van der Waals surface area contributed by atoms with E-state index in [0.717, 1.165) is 50.3 Å². The molecule has 0 saturated heterocycles. The lowest BCUT2D eigenvalue weighted by Gasteiger charge is -2.10. The minimum Gasteiger partial charge on any atom is -0.497 e. The second-order valence-corrected chi connectivity index (χ2v) is 8.53. The number of aliphatic carboxylic acids is 1. The summed E-state index contributed by atoms with van der Waals surface area (Å²) in [4.78, 5) is 19.7. The first-order valence-corrected chi connectivity index (χ1v) is 11.8. The molecule has 186 valence electrons. The lowest BCUT2D eigenvalue weighted by atomic mass is 9.97. The number of carboxylic acid groups (broad SMARTS) is 1. The zero-order valence-electron chi connectivity index (χ0n) is 20.7. The van der Waals surface area contributed by atoms with Crippen molar-refractivity contribution in [1.29, 1.82) is 5.26 Å². The molecule has 0 unspecified atom stereocenters. The number of carbonyl (C=O) groups is 1. The van der Waals surface area contributed by atoms with Crippen LogP contribution in [0.25, 0.3) is 50.8 Å². The maximum absolute atomic E-state index is 11.2. The van der Waals surface area contributed by atoms with Gasteiger partial charge in [-0.1, -0.05) is 60.7 Å². The third kappa shape index (κ3) is 4.71. The number of aromatic amines is 1. The molecular weight excluding hydrogens is 478 g/mol. The van der Waals surface area contributed by atoms with Crippen molar-refractivity contribution in [1.82, 2.24) is 9.97 Å². The van der Waals surface area contributed by atoms with Crippen LogP contribution >= 0.6 is 0 Å². The molecule has 0 fully saturated rings. The van der Waals surface area contributed by atoms with E-state index in [-0.39, 0.29) is 5.57 Å². The van der Waals surface area contributed by atoms with Crippen molar-refractivity contribution >= 4 is 23.1 Å². The topological polar surface area (TPSA) is 108 Å². The van der Waals surface area contributed by atoms with Gasteiger partial charge >= 0.3 is 5.97 Å². The Bertz CT molecular complexity index is 1640. The Morgan fingerprint density at radius 1 is 0.868 bits per heavy atom. The summed E-state index contributed by atoms with van der Waals surface area (Å²) in [7, 11) is 3.28. The average molecular weight is 502 g/mol. The number of ether oxygens (including phenoxy) is 2. The number of benzene rings is 4. The van der Waals surface area contributed by atoms with Gasteiger partial charge < -0.3 is 19.6 Å². The van der Waals surface area contributed by atoms with Gasteiger partial charge in [0.1, 0.15) is 29.0 Å². The molecule has 0 bridgehead atoms. The molecule has 1 aromatic heterocycles. The van der Waals surface area contributed by atoms with Crippen molar-refractivity contribution < 1.29 is 19.4 Å². The van der Waals surface area contributed by atoms with E-state index in [1.54, 1.807) is 32.4 Å². The molecule has 0 spiro atoms. The predicted octanol–water partition coefficient (Wildman–Crippen LogP) is 6.57. The third-order valence-electron chi connectivity index (χ3n) is 6.25. The number of methoxy groups -OCH3 is 2. The standard InChI is InChI=1S/C31H23N3O4/c1-37-24-7-3-5-21(16-24)26-13-14-27(22-6-4-8-25(17-22)38-2)29-28(26)33-30(34-29)20-11-9-19(10-12-20)15-23(18-32)31(35)36/h3-17H,1-2H3,(H,33,34)(H,35,36)/b23-15-. The first-order valence-electron chi connectivity index (χ1n) is 11.8. The zero-order chi connectivity index (χ0) is 26.6. The van der Waals surface area contributed by atoms with Gasteiger partial charge in [-0.3, -0.25) is 0 Å². The van der Waals surface area contributed by atoms with Gasteiger partial charge in [-0.2, -0.15) is 5.26 Å². The van der Waals surface area contributed by atoms with E-state index < -0.39 is 5.97 Å². The summed E-state index contributed by atoms with van der Waals surface area (Å²) in [6.45, 7) is 0. The number of hydrogen-bond acceptors (Lipinski definition) is 5. The smallest absolute Gasteiger partial charge is 0.346 e. The largest absolute Gasteiger partial charge is 0.497 e. The molecule has 5 aromatic rings. The first-order chi connectivity index (χ1) is 18.5. The fourth-order valence-corrected chi connectivity index (χ4v) is 4.33. The highest BCUT2D eigenvalue weighted by Gasteiger charge is 2.16. The number of nitrogens with zero attached hydrogens (tertiary/aromatic N) is 2. The fourth-order valence-electron chi connectivity index (χ4n) is 4.33. The highest BCUT2D eigenvalue weighted by molar-refractivity contribution is 6.02. The molecule has 7 nitrogen and oxygen atoms in total. The van der Waals surface area contributed by atoms with E-state index in [2.05, 4.69) is 17.1 Å². The summed E-state index contributed by atoms with van der Waals surface area (Å²) in [5.41, 5.74) is 6.66. The number of imidazole rings is 1. The molecule has 0 aliphatic heterocycles. The number of fused-ring (bicyclic) bond motifs is 1. The Hall–Kier alpha value is -5.35. The van der Waals surface area contributed by atoms with E-state index in [4.69, 9.17) is 24.8 Å². The van der Waals surface area contributed by atoms with Crippen molar-refractivity contribution in [3.63, 3.8) is 0 Å². The van der Waals surface area contributed by atoms with E-state index in [0.29, 0.717) is 11.4 Å². The molecule has 0 aliphatic rings. The number of H-pyrrole nitrogens is 1. The number of rotatable bonds is 7. The van der Waals surface area contributed by atoms with Crippen molar-refractivity contribution in [2.75, 3.05) is 14.2 Å². The van der Waals surface area contributed by atoms with Crippen LogP contribution in [0.4, 0.5) is 0 Å². The number of hydrogen-bond donors (Lipinski definition) is 2. The van der Waals surface area contributed by atoms with Crippen LogP contribution in [0.15, 0.2) is 90.5 Å². The van der Waals surface area contributed by atoms with Gasteiger partial charge in [0.25, 0.3) is 0 Å². The minimum atomic E-state index is -1.26. The van der Waals surface area contributed by atoms with Gasteiger partial charge in [-0.15, -0.1) is 0 Å².